The molecule has 0 radical (unpaired) electrons. The quantitative estimate of drug-likeness (QED) is 0.647. The number of aromatic nitrogens is 3. The number of hydrogen-bond acceptors (Lipinski definition) is 6. The van der Waals surface area contributed by atoms with Crippen LogP contribution >= 0.6 is 0 Å². The molecule has 2 rings (SSSR count). The normalized spacial score (nSPS) is 11.9. The molecule has 8 nitrogen and oxygen atoms in total. The van der Waals surface area contributed by atoms with E-state index in [1.54, 1.807) is 13.0 Å². The Bertz CT molecular complexity index is 677. The van der Waals surface area contributed by atoms with Gasteiger partial charge in [-0.25, -0.2) is 13.1 Å². The minimum atomic E-state index is -3.52. The highest BCUT2D eigenvalue weighted by Crippen LogP contribution is 2.10. The van der Waals surface area contributed by atoms with Gasteiger partial charge in [-0.2, -0.15) is 4.98 Å². The van der Waals surface area contributed by atoms with Crippen LogP contribution in [0.5, 0.6) is 0 Å². The van der Waals surface area contributed by atoms with Gasteiger partial charge in [0.2, 0.25) is 15.9 Å². The lowest BCUT2D eigenvalue weighted by Crippen LogP contribution is -2.26. The number of nitrogens with one attached hydrogen (secondary N) is 3. The first-order chi connectivity index (χ1) is 10.0. The number of sulfonamides is 1. The Labute approximate surface area is 123 Å². The first kappa shape index (κ1) is 15.7. The molecule has 21 heavy (non-hydrogen) atoms. The molecule has 0 unspecified atom stereocenters. The van der Waals surface area contributed by atoms with E-state index >= 15 is 0 Å². The van der Waals surface area contributed by atoms with Crippen molar-refractivity contribution >= 4 is 10.0 Å². The summed E-state index contributed by atoms with van der Waals surface area (Å²) < 4.78 is 31.5. The highest BCUT2D eigenvalue weighted by Gasteiger charge is 2.16. The van der Waals surface area contributed by atoms with Crippen molar-refractivity contribution in [2.24, 2.45) is 0 Å². The van der Waals surface area contributed by atoms with Gasteiger partial charge in [0, 0.05) is 38.3 Å². The monoisotopic (exact) mass is 313 g/mol. The summed E-state index contributed by atoms with van der Waals surface area (Å²) in [6.07, 6.45) is 1.86. The van der Waals surface area contributed by atoms with Crippen LogP contribution in [0.15, 0.2) is 21.7 Å². The van der Waals surface area contributed by atoms with Gasteiger partial charge in [-0.1, -0.05) is 12.1 Å². The molecule has 0 spiro atoms. The summed E-state index contributed by atoms with van der Waals surface area (Å²) in [5.74, 6) is 0.948. The molecule has 0 amide bonds. The van der Waals surface area contributed by atoms with Crippen molar-refractivity contribution in [1.29, 1.82) is 0 Å². The number of nitrogens with zero attached hydrogens (tertiary/aromatic N) is 2. The molecule has 2 heterocycles. The Morgan fingerprint density at radius 3 is 2.90 bits per heavy atom. The maximum atomic E-state index is 12.1. The smallest absolute Gasteiger partial charge is 0.242 e. The van der Waals surface area contributed by atoms with E-state index in [1.165, 1.54) is 6.20 Å². The third kappa shape index (κ3) is 4.38. The van der Waals surface area contributed by atoms with Crippen LogP contribution < -0.4 is 10.0 Å². The van der Waals surface area contributed by atoms with Crippen molar-refractivity contribution in [3.05, 3.63) is 29.7 Å². The van der Waals surface area contributed by atoms with Crippen molar-refractivity contribution in [1.82, 2.24) is 25.2 Å². The molecule has 0 bridgehead atoms. The van der Waals surface area contributed by atoms with Crippen LogP contribution in [0, 0.1) is 6.92 Å². The molecule has 0 atom stereocenters. The lowest BCUT2D eigenvalue weighted by atomic mass is 10.4. The van der Waals surface area contributed by atoms with Crippen molar-refractivity contribution in [3.8, 4) is 0 Å². The van der Waals surface area contributed by atoms with E-state index in [-0.39, 0.29) is 11.4 Å². The van der Waals surface area contributed by atoms with Crippen molar-refractivity contribution in [2.75, 3.05) is 13.1 Å². The van der Waals surface area contributed by atoms with E-state index in [0.717, 1.165) is 12.2 Å². The number of aryl methyl sites for hydroxylation is 1. The Hall–Kier alpha value is -1.71. The summed E-state index contributed by atoms with van der Waals surface area (Å²) in [4.78, 5) is 7.17. The molecule has 2 aromatic heterocycles. The first-order valence-electron chi connectivity index (χ1n) is 6.68. The van der Waals surface area contributed by atoms with Gasteiger partial charge in [0.1, 0.15) is 0 Å². The molecule has 0 fully saturated rings. The SMILES string of the molecule is CCNCc1cc(S(=O)(=O)NCCc2noc(C)n2)c[nH]1. The number of aromatic amines is 1. The molecular weight excluding hydrogens is 294 g/mol. The lowest BCUT2D eigenvalue weighted by Gasteiger charge is -2.02. The fraction of sp³-hybridized carbons (Fsp3) is 0.500. The predicted molar refractivity (Wildman–Crippen MR) is 76.1 cm³/mol. The van der Waals surface area contributed by atoms with Crippen LogP contribution in [0.1, 0.15) is 24.3 Å². The van der Waals surface area contributed by atoms with Gasteiger partial charge in [-0.05, 0) is 12.6 Å². The minimum absolute atomic E-state index is 0.217. The van der Waals surface area contributed by atoms with Crippen molar-refractivity contribution in [2.45, 2.75) is 31.7 Å². The van der Waals surface area contributed by atoms with Crippen LogP contribution in [0.3, 0.4) is 0 Å². The van der Waals surface area contributed by atoms with Gasteiger partial charge in [0.25, 0.3) is 0 Å². The standard InChI is InChI=1S/C12H19N5O3S/c1-3-13-7-10-6-11(8-14-10)21(18,19)15-5-4-12-16-9(2)20-17-12/h6,8,13-15H,3-5,7H2,1-2H3. The van der Waals surface area contributed by atoms with Crippen LogP contribution in [0.25, 0.3) is 0 Å². The molecule has 9 heteroatoms. The Kier molecular flexibility index (Phi) is 5.10. The topological polar surface area (TPSA) is 113 Å². The van der Waals surface area contributed by atoms with E-state index < -0.39 is 10.0 Å². The van der Waals surface area contributed by atoms with Gasteiger partial charge < -0.3 is 14.8 Å². The Morgan fingerprint density at radius 2 is 2.24 bits per heavy atom. The van der Waals surface area contributed by atoms with E-state index in [9.17, 15) is 8.42 Å². The molecule has 116 valence electrons. The summed E-state index contributed by atoms with van der Waals surface area (Å²) >= 11 is 0. The summed E-state index contributed by atoms with van der Waals surface area (Å²) in [7, 11) is -3.52. The number of hydrogen-bond donors (Lipinski definition) is 3. The molecule has 3 N–H and O–H groups in total. The van der Waals surface area contributed by atoms with Crippen LogP contribution in [-0.2, 0) is 23.0 Å². The summed E-state index contributed by atoms with van der Waals surface area (Å²) in [6, 6.07) is 1.61. The second kappa shape index (κ2) is 6.83. The third-order valence-corrected chi connectivity index (χ3v) is 4.24. The van der Waals surface area contributed by atoms with Crippen molar-refractivity contribution < 1.29 is 12.9 Å². The van der Waals surface area contributed by atoms with Crippen LogP contribution in [-0.4, -0.2) is 36.6 Å². The maximum Gasteiger partial charge on any atom is 0.242 e. The Balaban J connectivity index is 1.90. The van der Waals surface area contributed by atoms with Gasteiger partial charge in [0.15, 0.2) is 5.82 Å². The molecule has 0 aliphatic rings. The molecule has 0 aliphatic heterocycles. The average Bonchev–Trinajstić information content (AvgIpc) is 3.06. The molecule has 0 aromatic carbocycles. The molecule has 0 saturated heterocycles. The van der Waals surface area contributed by atoms with Gasteiger partial charge in [-0.3, -0.25) is 0 Å². The number of rotatable bonds is 8. The van der Waals surface area contributed by atoms with Crippen LogP contribution in [0.2, 0.25) is 0 Å². The van der Waals surface area contributed by atoms with E-state index in [0.29, 0.717) is 24.7 Å². The molecule has 2 aromatic rings. The largest absolute Gasteiger partial charge is 0.363 e. The van der Waals surface area contributed by atoms with Gasteiger partial charge >= 0.3 is 0 Å². The van der Waals surface area contributed by atoms with E-state index in [4.69, 9.17) is 4.52 Å². The third-order valence-electron chi connectivity index (χ3n) is 2.80. The van der Waals surface area contributed by atoms with Gasteiger partial charge in [0.05, 0.1) is 4.90 Å². The second-order valence-corrected chi connectivity index (χ2v) is 6.29. The number of H-pyrrole nitrogens is 1. The highest BCUT2D eigenvalue weighted by molar-refractivity contribution is 7.89. The van der Waals surface area contributed by atoms with Crippen LogP contribution in [0.4, 0.5) is 0 Å². The lowest BCUT2D eigenvalue weighted by molar-refractivity contribution is 0.387. The summed E-state index contributed by atoms with van der Waals surface area (Å²) in [5, 5.41) is 6.83. The van der Waals surface area contributed by atoms with Gasteiger partial charge in [-0.15, -0.1) is 0 Å². The summed E-state index contributed by atoms with van der Waals surface area (Å²) in [6.45, 7) is 5.32. The zero-order valence-electron chi connectivity index (χ0n) is 12.0. The van der Waals surface area contributed by atoms with Crippen molar-refractivity contribution in [3.63, 3.8) is 0 Å². The fourth-order valence-corrected chi connectivity index (χ4v) is 2.81. The molecular formula is C12H19N5O3S. The Morgan fingerprint density at radius 1 is 1.43 bits per heavy atom. The molecule has 0 saturated carbocycles. The van der Waals surface area contributed by atoms with E-state index in [2.05, 4.69) is 25.2 Å². The highest BCUT2D eigenvalue weighted by atomic mass is 32.2. The first-order valence-corrected chi connectivity index (χ1v) is 8.16. The summed E-state index contributed by atoms with van der Waals surface area (Å²) in [5.41, 5.74) is 0.825. The average molecular weight is 313 g/mol. The fourth-order valence-electron chi connectivity index (χ4n) is 1.76. The molecule has 0 aliphatic carbocycles. The minimum Gasteiger partial charge on any atom is -0.363 e. The second-order valence-electron chi connectivity index (χ2n) is 4.52. The predicted octanol–water partition coefficient (Wildman–Crippen LogP) is 0.337. The van der Waals surface area contributed by atoms with E-state index in [1.807, 2.05) is 6.92 Å². The zero-order chi connectivity index (χ0) is 15.3. The zero-order valence-corrected chi connectivity index (χ0v) is 12.8. The maximum absolute atomic E-state index is 12.1.